The second-order valence-electron chi connectivity index (χ2n) is 5.97. The molecule has 1 atom stereocenters. The van der Waals surface area contributed by atoms with Gasteiger partial charge in [0, 0.05) is 4.47 Å². The Balaban J connectivity index is 2.66. The summed E-state index contributed by atoms with van der Waals surface area (Å²) in [6, 6.07) is 6.10. The molecule has 2 rings (SSSR count). The van der Waals surface area contributed by atoms with Crippen LogP contribution in [0.5, 0.6) is 0 Å². The molecule has 0 spiro atoms. The molecule has 1 N–H and O–H groups in total. The molecule has 0 aliphatic rings. The van der Waals surface area contributed by atoms with E-state index in [1.807, 2.05) is 12.1 Å². The first-order valence-corrected chi connectivity index (χ1v) is 8.06. The predicted molar refractivity (Wildman–Crippen MR) is 93.1 cm³/mol. The van der Waals surface area contributed by atoms with Crippen LogP contribution in [-0.4, -0.2) is 5.11 Å². The van der Waals surface area contributed by atoms with Crippen LogP contribution in [0.4, 0.5) is 0 Å². The average Bonchev–Trinajstić information content (AvgIpc) is 2.43. The molecular formula is C19H23BrO. The summed E-state index contributed by atoms with van der Waals surface area (Å²) in [4.78, 5) is 0. The van der Waals surface area contributed by atoms with E-state index in [1.54, 1.807) is 0 Å². The lowest BCUT2D eigenvalue weighted by molar-refractivity contribution is 0.218. The Bertz CT molecular complexity index is 672. The molecule has 0 fully saturated rings. The van der Waals surface area contributed by atoms with Crippen molar-refractivity contribution in [1.82, 2.24) is 0 Å². The smallest absolute Gasteiger partial charge is 0.106 e. The number of aliphatic hydroxyl groups excluding tert-OH is 1. The first-order valence-electron chi connectivity index (χ1n) is 7.26. The van der Waals surface area contributed by atoms with Crippen molar-refractivity contribution in [2.24, 2.45) is 0 Å². The van der Waals surface area contributed by atoms with Gasteiger partial charge in [0.2, 0.25) is 0 Å². The van der Waals surface area contributed by atoms with Crippen molar-refractivity contribution >= 4 is 15.9 Å². The predicted octanol–water partition coefficient (Wildman–Crippen LogP) is 5.38. The zero-order chi connectivity index (χ0) is 15.9. The summed E-state index contributed by atoms with van der Waals surface area (Å²) in [5, 5.41) is 10.9. The van der Waals surface area contributed by atoms with Crippen molar-refractivity contribution in [1.29, 1.82) is 0 Å². The third kappa shape index (κ3) is 2.79. The molecule has 2 heteroatoms. The van der Waals surface area contributed by atoms with Gasteiger partial charge in [0.1, 0.15) is 6.10 Å². The SMILES string of the molecule is Cc1ccc(C(O)c2c(C)c(C)c(C)c(C)c2C)c(Br)c1. The molecule has 0 bridgehead atoms. The molecule has 1 nitrogen and oxygen atoms in total. The van der Waals surface area contributed by atoms with Gasteiger partial charge in [0.25, 0.3) is 0 Å². The van der Waals surface area contributed by atoms with Gasteiger partial charge < -0.3 is 5.11 Å². The standard InChI is InChI=1S/C19H23BrO/c1-10-7-8-16(17(20)9-10)19(21)18-14(5)12(3)11(2)13(4)15(18)6/h7-9,19,21H,1-6H3. The molecule has 0 aromatic heterocycles. The molecule has 0 saturated carbocycles. The highest BCUT2D eigenvalue weighted by atomic mass is 79.9. The van der Waals surface area contributed by atoms with Gasteiger partial charge in [0.05, 0.1) is 0 Å². The van der Waals surface area contributed by atoms with E-state index >= 15 is 0 Å². The quantitative estimate of drug-likeness (QED) is 0.773. The normalized spacial score (nSPS) is 12.6. The molecule has 0 saturated heterocycles. The van der Waals surface area contributed by atoms with Crippen LogP contribution in [0.1, 0.15) is 50.6 Å². The second-order valence-corrected chi connectivity index (χ2v) is 6.82. The van der Waals surface area contributed by atoms with Crippen LogP contribution < -0.4 is 0 Å². The maximum absolute atomic E-state index is 10.9. The minimum Gasteiger partial charge on any atom is -0.384 e. The molecule has 2 aromatic rings. The van der Waals surface area contributed by atoms with Gasteiger partial charge in [-0.15, -0.1) is 0 Å². The van der Waals surface area contributed by atoms with E-state index in [0.29, 0.717) is 0 Å². The fourth-order valence-corrected chi connectivity index (χ4v) is 3.66. The number of aryl methyl sites for hydroxylation is 1. The molecule has 0 radical (unpaired) electrons. The van der Waals surface area contributed by atoms with Crippen LogP contribution in [0.15, 0.2) is 22.7 Å². The van der Waals surface area contributed by atoms with Crippen LogP contribution >= 0.6 is 15.9 Å². The zero-order valence-corrected chi connectivity index (χ0v) is 15.2. The highest BCUT2D eigenvalue weighted by Gasteiger charge is 2.21. The fraction of sp³-hybridized carbons (Fsp3) is 0.368. The Morgan fingerprint density at radius 2 is 1.29 bits per heavy atom. The third-order valence-corrected chi connectivity index (χ3v) is 5.47. The number of aliphatic hydroxyl groups is 1. The van der Waals surface area contributed by atoms with E-state index in [2.05, 4.69) is 63.5 Å². The van der Waals surface area contributed by atoms with Crippen molar-refractivity contribution < 1.29 is 5.11 Å². The average molecular weight is 347 g/mol. The van der Waals surface area contributed by atoms with Gasteiger partial charge in [0.15, 0.2) is 0 Å². The second kappa shape index (κ2) is 5.94. The molecule has 112 valence electrons. The maximum Gasteiger partial charge on any atom is 0.106 e. The lowest BCUT2D eigenvalue weighted by Gasteiger charge is -2.23. The Hall–Kier alpha value is -1.12. The van der Waals surface area contributed by atoms with Gasteiger partial charge in [-0.25, -0.2) is 0 Å². The summed E-state index contributed by atoms with van der Waals surface area (Å²) in [5.41, 5.74) is 9.40. The molecule has 1 unspecified atom stereocenters. The number of rotatable bonds is 2. The van der Waals surface area contributed by atoms with Gasteiger partial charge in [-0.3, -0.25) is 0 Å². The molecule has 0 aliphatic carbocycles. The van der Waals surface area contributed by atoms with Crippen molar-refractivity contribution in [3.05, 3.63) is 67.2 Å². The summed E-state index contributed by atoms with van der Waals surface area (Å²) in [6.07, 6.45) is -0.599. The van der Waals surface area contributed by atoms with Crippen LogP contribution in [0.3, 0.4) is 0 Å². The first-order chi connectivity index (χ1) is 9.75. The van der Waals surface area contributed by atoms with E-state index in [9.17, 15) is 5.11 Å². The topological polar surface area (TPSA) is 20.2 Å². The number of benzene rings is 2. The number of hydrogen-bond donors (Lipinski definition) is 1. The van der Waals surface area contributed by atoms with E-state index in [4.69, 9.17) is 0 Å². The summed E-state index contributed by atoms with van der Waals surface area (Å²) in [6.45, 7) is 12.7. The molecular weight excluding hydrogens is 324 g/mol. The third-order valence-electron chi connectivity index (χ3n) is 4.78. The Morgan fingerprint density at radius 1 is 0.810 bits per heavy atom. The molecule has 0 amide bonds. The van der Waals surface area contributed by atoms with Gasteiger partial charge in [-0.05, 0) is 92.1 Å². The Morgan fingerprint density at radius 3 is 1.76 bits per heavy atom. The van der Waals surface area contributed by atoms with E-state index in [1.165, 1.54) is 33.4 Å². The lowest BCUT2D eigenvalue weighted by atomic mass is 9.85. The van der Waals surface area contributed by atoms with E-state index < -0.39 is 6.10 Å². The molecule has 2 aromatic carbocycles. The zero-order valence-electron chi connectivity index (χ0n) is 13.6. The van der Waals surface area contributed by atoms with E-state index in [0.717, 1.165) is 15.6 Å². The van der Waals surface area contributed by atoms with Gasteiger partial charge in [-0.1, -0.05) is 28.1 Å². The molecule has 21 heavy (non-hydrogen) atoms. The van der Waals surface area contributed by atoms with Crippen molar-refractivity contribution in [3.63, 3.8) is 0 Å². The van der Waals surface area contributed by atoms with E-state index in [-0.39, 0.29) is 0 Å². The Labute approximate surface area is 136 Å². The summed E-state index contributed by atoms with van der Waals surface area (Å²) in [5.74, 6) is 0. The van der Waals surface area contributed by atoms with Crippen LogP contribution in [0.2, 0.25) is 0 Å². The summed E-state index contributed by atoms with van der Waals surface area (Å²) < 4.78 is 0.963. The minimum atomic E-state index is -0.599. The summed E-state index contributed by atoms with van der Waals surface area (Å²) in [7, 11) is 0. The molecule has 0 aliphatic heterocycles. The maximum atomic E-state index is 10.9. The monoisotopic (exact) mass is 346 g/mol. The van der Waals surface area contributed by atoms with Gasteiger partial charge in [-0.2, -0.15) is 0 Å². The summed E-state index contributed by atoms with van der Waals surface area (Å²) >= 11 is 3.59. The fourth-order valence-electron chi connectivity index (χ4n) is 2.95. The molecule has 0 heterocycles. The van der Waals surface area contributed by atoms with Gasteiger partial charge >= 0.3 is 0 Å². The largest absolute Gasteiger partial charge is 0.384 e. The number of hydrogen-bond acceptors (Lipinski definition) is 1. The lowest BCUT2D eigenvalue weighted by Crippen LogP contribution is -2.09. The minimum absolute atomic E-state index is 0.599. The van der Waals surface area contributed by atoms with Crippen molar-refractivity contribution in [3.8, 4) is 0 Å². The van der Waals surface area contributed by atoms with Crippen molar-refractivity contribution in [2.75, 3.05) is 0 Å². The highest BCUT2D eigenvalue weighted by molar-refractivity contribution is 9.10. The van der Waals surface area contributed by atoms with Crippen LogP contribution in [-0.2, 0) is 0 Å². The van der Waals surface area contributed by atoms with Crippen LogP contribution in [0.25, 0.3) is 0 Å². The first kappa shape index (κ1) is 16.3. The highest BCUT2D eigenvalue weighted by Crippen LogP contribution is 2.36. The number of halogens is 1. The Kier molecular flexibility index (Phi) is 4.60. The van der Waals surface area contributed by atoms with Crippen molar-refractivity contribution in [2.45, 2.75) is 47.6 Å². The van der Waals surface area contributed by atoms with Crippen LogP contribution in [0, 0.1) is 41.5 Å².